The van der Waals surface area contributed by atoms with Crippen LogP contribution >= 0.6 is 0 Å². The first-order chi connectivity index (χ1) is 12.4. The molecule has 0 N–H and O–H groups in total. The van der Waals surface area contributed by atoms with Gasteiger partial charge in [-0.25, -0.2) is 4.98 Å². The number of hydrogen-bond donors (Lipinski definition) is 0. The molecule has 0 unspecified atom stereocenters. The molecule has 6 heteroatoms. The lowest BCUT2D eigenvalue weighted by Gasteiger charge is -2.05. The Morgan fingerprint density at radius 1 is 0.960 bits per heavy atom. The van der Waals surface area contributed by atoms with Crippen LogP contribution in [0.2, 0.25) is 0 Å². The lowest BCUT2D eigenvalue weighted by Crippen LogP contribution is -2.03. The van der Waals surface area contributed by atoms with Crippen LogP contribution in [0.5, 0.6) is 0 Å². The summed E-state index contributed by atoms with van der Waals surface area (Å²) >= 11 is 0. The minimum Gasteiger partial charge on any atom is -0.339 e. The van der Waals surface area contributed by atoms with Gasteiger partial charge >= 0.3 is 0 Å². The fourth-order valence-electron chi connectivity index (χ4n) is 2.71. The Labute approximate surface area is 145 Å². The van der Waals surface area contributed by atoms with Crippen LogP contribution in [-0.2, 0) is 19.4 Å². The minimum absolute atomic E-state index is 0.639. The summed E-state index contributed by atoms with van der Waals surface area (Å²) in [6.07, 6.45) is 8.62. The summed E-state index contributed by atoms with van der Waals surface area (Å²) in [6, 6.07) is 14.0. The molecule has 0 aliphatic rings. The Hall–Kier alpha value is -3.28. The topological polar surface area (TPSA) is 69.6 Å². The maximum absolute atomic E-state index is 5.38. The average molecular weight is 331 g/mol. The zero-order valence-corrected chi connectivity index (χ0v) is 13.6. The minimum atomic E-state index is 0.639. The molecule has 0 atom stereocenters. The van der Waals surface area contributed by atoms with Crippen molar-refractivity contribution in [3.8, 4) is 11.4 Å². The Morgan fingerprint density at radius 3 is 2.64 bits per heavy atom. The van der Waals surface area contributed by atoms with Crippen molar-refractivity contribution in [3.05, 3.63) is 84.5 Å². The molecule has 3 aromatic heterocycles. The van der Waals surface area contributed by atoms with Crippen LogP contribution in [-0.4, -0.2) is 24.7 Å². The first kappa shape index (κ1) is 15.3. The molecule has 0 aliphatic heterocycles. The molecule has 4 rings (SSSR count). The number of aryl methyl sites for hydroxylation is 2. The third-order valence-electron chi connectivity index (χ3n) is 3.94. The van der Waals surface area contributed by atoms with Gasteiger partial charge in [-0.2, -0.15) is 4.98 Å². The molecule has 0 spiro atoms. The molecule has 3 heterocycles. The molecule has 0 fully saturated rings. The maximum atomic E-state index is 5.38. The van der Waals surface area contributed by atoms with E-state index < -0.39 is 0 Å². The molecule has 25 heavy (non-hydrogen) atoms. The van der Waals surface area contributed by atoms with E-state index in [1.807, 2.05) is 36.5 Å². The predicted octanol–water partition coefficient (Wildman–Crippen LogP) is 3.16. The van der Waals surface area contributed by atoms with Crippen LogP contribution in [0.1, 0.15) is 17.3 Å². The van der Waals surface area contributed by atoms with E-state index >= 15 is 0 Å². The van der Waals surface area contributed by atoms with Crippen LogP contribution in [0.4, 0.5) is 0 Å². The molecular weight excluding hydrogens is 314 g/mol. The quantitative estimate of drug-likeness (QED) is 0.543. The second-order valence-corrected chi connectivity index (χ2v) is 5.70. The van der Waals surface area contributed by atoms with E-state index in [2.05, 4.69) is 36.8 Å². The summed E-state index contributed by atoms with van der Waals surface area (Å²) in [4.78, 5) is 13.0. The summed E-state index contributed by atoms with van der Waals surface area (Å²) in [7, 11) is 0. The van der Waals surface area contributed by atoms with Crippen molar-refractivity contribution in [2.75, 3.05) is 0 Å². The lowest BCUT2D eigenvalue weighted by molar-refractivity contribution is 0.368. The van der Waals surface area contributed by atoms with Gasteiger partial charge in [0.15, 0.2) is 5.82 Å². The monoisotopic (exact) mass is 331 g/mol. The summed E-state index contributed by atoms with van der Waals surface area (Å²) < 4.78 is 7.46. The van der Waals surface area contributed by atoms with Crippen LogP contribution in [0.3, 0.4) is 0 Å². The second kappa shape index (κ2) is 7.09. The van der Waals surface area contributed by atoms with Gasteiger partial charge in [-0.05, 0) is 17.7 Å². The molecular formula is C19H17N5O. The Kier molecular flexibility index (Phi) is 4.33. The van der Waals surface area contributed by atoms with Crippen molar-refractivity contribution in [1.29, 1.82) is 0 Å². The number of pyridine rings is 1. The van der Waals surface area contributed by atoms with E-state index in [0.29, 0.717) is 24.6 Å². The van der Waals surface area contributed by atoms with Gasteiger partial charge in [0.25, 0.3) is 0 Å². The highest BCUT2D eigenvalue weighted by atomic mass is 16.5. The number of aromatic nitrogens is 5. The molecule has 0 amide bonds. The maximum Gasteiger partial charge on any atom is 0.228 e. The average Bonchev–Trinajstić information content (AvgIpc) is 3.31. The lowest BCUT2D eigenvalue weighted by atomic mass is 10.1. The highest BCUT2D eigenvalue weighted by molar-refractivity contribution is 5.54. The second-order valence-electron chi connectivity index (χ2n) is 5.70. The normalized spacial score (nSPS) is 10.9. The fourth-order valence-corrected chi connectivity index (χ4v) is 2.71. The number of imidazole rings is 1. The van der Waals surface area contributed by atoms with E-state index in [9.17, 15) is 0 Å². The van der Waals surface area contributed by atoms with Gasteiger partial charge in [0.1, 0.15) is 5.82 Å². The van der Waals surface area contributed by atoms with Crippen molar-refractivity contribution < 1.29 is 4.52 Å². The summed E-state index contributed by atoms with van der Waals surface area (Å²) in [5.41, 5.74) is 2.21. The first-order valence-corrected chi connectivity index (χ1v) is 8.15. The zero-order chi connectivity index (χ0) is 16.9. The molecule has 1 aromatic carbocycles. The highest BCUT2D eigenvalue weighted by Crippen LogP contribution is 2.16. The van der Waals surface area contributed by atoms with Gasteiger partial charge in [0.05, 0.1) is 0 Å². The number of benzene rings is 1. The molecule has 0 saturated carbocycles. The smallest absolute Gasteiger partial charge is 0.228 e. The molecule has 124 valence electrons. The van der Waals surface area contributed by atoms with Gasteiger partial charge < -0.3 is 9.09 Å². The first-order valence-electron chi connectivity index (χ1n) is 8.15. The van der Waals surface area contributed by atoms with Crippen molar-refractivity contribution in [2.45, 2.75) is 19.4 Å². The Balaban J connectivity index is 1.42. The van der Waals surface area contributed by atoms with Gasteiger partial charge in [0.2, 0.25) is 5.89 Å². The number of nitrogens with zero attached hydrogens (tertiary/aromatic N) is 5. The molecule has 0 radical (unpaired) electrons. The molecule has 0 saturated heterocycles. The zero-order valence-electron chi connectivity index (χ0n) is 13.6. The van der Waals surface area contributed by atoms with Crippen LogP contribution in [0.25, 0.3) is 11.4 Å². The highest BCUT2D eigenvalue weighted by Gasteiger charge is 2.10. The van der Waals surface area contributed by atoms with E-state index in [-0.39, 0.29) is 0 Å². The van der Waals surface area contributed by atoms with E-state index in [1.165, 1.54) is 5.56 Å². The summed E-state index contributed by atoms with van der Waals surface area (Å²) in [5, 5.41) is 4.07. The van der Waals surface area contributed by atoms with Gasteiger partial charge in [-0.1, -0.05) is 35.5 Å². The van der Waals surface area contributed by atoms with Crippen molar-refractivity contribution >= 4 is 0 Å². The Morgan fingerprint density at radius 2 is 1.80 bits per heavy atom. The summed E-state index contributed by atoms with van der Waals surface area (Å²) in [6.45, 7) is 0.727. The molecule has 0 bridgehead atoms. The third-order valence-corrected chi connectivity index (χ3v) is 3.94. The van der Waals surface area contributed by atoms with Crippen molar-refractivity contribution in [3.63, 3.8) is 0 Å². The standard InChI is InChI=1S/C19H17N5O/c1-2-4-15(5-3-1)14-17-22-18(25-23-17)8-12-24-13-11-21-19(24)16-6-9-20-10-7-16/h1-7,9-11,13H,8,12,14H2. The van der Waals surface area contributed by atoms with Gasteiger partial charge in [-0.3, -0.25) is 4.98 Å². The van der Waals surface area contributed by atoms with Crippen LogP contribution in [0, 0.1) is 0 Å². The predicted molar refractivity (Wildman–Crippen MR) is 92.7 cm³/mol. The van der Waals surface area contributed by atoms with E-state index in [4.69, 9.17) is 4.52 Å². The Bertz CT molecular complexity index is 931. The summed E-state index contributed by atoms with van der Waals surface area (Å²) in [5.74, 6) is 2.26. The van der Waals surface area contributed by atoms with E-state index in [1.54, 1.807) is 18.6 Å². The molecule has 0 aliphatic carbocycles. The van der Waals surface area contributed by atoms with Crippen molar-refractivity contribution in [1.82, 2.24) is 24.7 Å². The largest absolute Gasteiger partial charge is 0.339 e. The van der Waals surface area contributed by atoms with Crippen molar-refractivity contribution in [2.24, 2.45) is 0 Å². The van der Waals surface area contributed by atoms with Crippen LogP contribution < -0.4 is 0 Å². The number of hydrogen-bond acceptors (Lipinski definition) is 5. The van der Waals surface area contributed by atoms with Crippen LogP contribution in [0.15, 0.2) is 71.8 Å². The fraction of sp³-hybridized carbons (Fsp3) is 0.158. The van der Waals surface area contributed by atoms with Gasteiger partial charge in [0, 0.05) is 49.7 Å². The molecule has 6 nitrogen and oxygen atoms in total. The van der Waals surface area contributed by atoms with E-state index in [0.717, 1.165) is 17.9 Å². The van der Waals surface area contributed by atoms with Gasteiger partial charge in [-0.15, -0.1) is 0 Å². The SMILES string of the molecule is c1ccc(Cc2noc(CCn3ccnc3-c3ccncc3)n2)cc1. The number of rotatable bonds is 6. The third kappa shape index (κ3) is 3.63. The molecule has 4 aromatic rings.